The third kappa shape index (κ3) is 4.35. The fourth-order valence-corrected chi connectivity index (χ4v) is 4.84. The van der Waals surface area contributed by atoms with Crippen molar-refractivity contribution in [1.82, 2.24) is 14.8 Å². The molecule has 1 aliphatic heterocycles. The van der Waals surface area contributed by atoms with Crippen LogP contribution in [0.4, 0.5) is 0 Å². The van der Waals surface area contributed by atoms with E-state index in [0.717, 1.165) is 47.7 Å². The minimum absolute atomic E-state index is 0.106. The fourth-order valence-electron chi connectivity index (χ4n) is 4.84. The van der Waals surface area contributed by atoms with Crippen LogP contribution in [-0.4, -0.2) is 41.1 Å². The van der Waals surface area contributed by atoms with Crippen LogP contribution in [0.1, 0.15) is 21.6 Å². The standard InChI is InChI=1S/C29H29N3O/c1-22-19-27(28(24-13-7-3-8-14-24)32(22)25-15-9-4-10-16-25)29(33)31-18-17-30-21-26(31)20-23-11-5-2-6-12-23/h2-16,19,26,30H,17-18,20-21H2,1H3/t26-/m1/s1. The molecular formula is C29H29N3O. The zero-order chi connectivity index (χ0) is 22.6. The Hall–Kier alpha value is -3.63. The summed E-state index contributed by atoms with van der Waals surface area (Å²) in [6.07, 6.45) is 0.846. The normalized spacial score (nSPS) is 16.0. The van der Waals surface area contributed by atoms with Gasteiger partial charge in [0.15, 0.2) is 0 Å². The maximum atomic E-state index is 14.1. The minimum Gasteiger partial charge on any atom is -0.333 e. The van der Waals surface area contributed by atoms with Gasteiger partial charge in [0.2, 0.25) is 0 Å². The van der Waals surface area contributed by atoms with Gasteiger partial charge in [-0.2, -0.15) is 0 Å². The molecule has 1 aromatic heterocycles. The van der Waals surface area contributed by atoms with Gasteiger partial charge in [-0.1, -0.05) is 78.9 Å². The Kier molecular flexibility index (Phi) is 6.09. The summed E-state index contributed by atoms with van der Waals surface area (Å²) in [4.78, 5) is 16.1. The Labute approximate surface area is 195 Å². The van der Waals surface area contributed by atoms with Crippen LogP contribution < -0.4 is 5.32 Å². The molecule has 0 saturated carbocycles. The molecule has 33 heavy (non-hydrogen) atoms. The maximum absolute atomic E-state index is 14.1. The number of hydrogen-bond acceptors (Lipinski definition) is 2. The predicted molar refractivity (Wildman–Crippen MR) is 134 cm³/mol. The number of hydrogen-bond donors (Lipinski definition) is 1. The third-order valence-electron chi connectivity index (χ3n) is 6.40. The van der Waals surface area contributed by atoms with E-state index in [1.807, 2.05) is 42.5 Å². The first-order valence-corrected chi connectivity index (χ1v) is 11.6. The topological polar surface area (TPSA) is 37.3 Å². The highest BCUT2D eigenvalue weighted by Crippen LogP contribution is 2.32. The summed E-state index contributed by atoms with van der Waals surface area (Å²) in [7, 11) is 0. The van der Waals surface area contributed by atoms with Crippen LogP contribution >= 0.6 is 0 Å². The Bertz CT molecular complexity index is 1220. The highest BCUT2D eigenvalue weighted by molar-refractivity contribution is 6.01. The number of benzene rings is 3. The summed E-state index contributed by atoms with van der Waals surface area (Å²) < 4.78 is 2.21. The molecule has 166 valence electrons. The molecule has 1 aliphatic rings. The highest BCUT2D eigenvalue weighted by Gasteiger charge is 2.31. The molecule has 0 bridgehead atoms. The minimum atomic E-state index is 0.106. The molecule has 0 unspecified atom stereocenters. The number of para-hydroxylation sites is 1. The monoisotopic (exact) mass is 435 g/mol. The molecule has 1 fully saturated rings. The van der Waals surface area contributed by atoms with E-state index < -0.39 is 0 Å². The number of carbonyl (C=O) groups is 1. The average molecular weight is 436 g/mol. The molecule has 5 rings (SSSR count). The highest BCUT2D eigenvalue weighted by atomic mass is 16.2. The molecular weight excluding hydrogens is 406 g/mol. The van der Waals surface area contributed by atoms with Gasteiger partial charge in [-0.25, -0.2) is 0 Å². The van der Waals surface area contributed by atoms with Gasteiger partial charge in [0, 0.05) is 37.1 Å². The molecule has 0 aliphatic carbocycles. The molecule has 0 spiro atoms. The number of aromatic nitrogens is 1. The van der Waals surface area contributed by atoms with Crippen molar-refractivity contribution in [3.8, 4) is 16.9 Å². The van der Waals surface area contributed by atoms with Crippen LogP contribution in [0.2, 0.25) is 0 Å². The van der Waals surface area contributed by atoms with Crippen molar-refractivity contribution in [2.75, 3.05) is 19.6 Å². The number of carbonyl (C=O) groups excluding carboxylic acids is 1. The predicted octanol–water partition coefficient (Wildman–Crippen LogP) is 5.11. The van der Waals surface area contributed by atoms with E-state index in [-0.39, 0.29) is 11.9 Å². The van der Waals surface area contributed by atoms with Gasteiger partial charge in [0.1, 0.15) is 0 Å². The van der Waals surface area contributed by atoms with E-state index >= 15 is 0 Å². The Morgan fingerprint density at radius 2 is 1.55 bits per heavy atom. The van der Waals surface area contributed by atoms with Gasteiger partial charge in [-0.15, -0.1) is 0 Å². The van der Waals surface area contributed by atoms with E-state index in [1.165, 1.54) is 5.56 Å². The number of piperazine rings is 1. The van der Waals surface area contributed by atoms with Crippen LogP contribution in [0.15, 0.2) is 97.1 Å². The van der Waals surface area contributed by atoms with Crippen molar-refractivity contribution < 1.29 is 4.79 Å². The molecule has 3 aromatic carbocycles. The van der Waals surface area contributed by atoms with E-state index in [9.17, 15) is 4.79 Å². The number of rotatable bonds is 5. The molecule has 0 radical (unpaired) electrons. The van der Waals surface area contributed by atoms with Crippen molar-refractivity contribution in [2.45, 2.75) is 19.4 Å². The third-order valence-corrected chi connectivity index (χ3v) is 6.40. The summed E-state index contributed by atoms with van der Waals surface area (Å²) in [6, 6.07) is 33.2. The zero-order valence-corrected chi connectivity index (χ0v) is 18.9. The van der Waals surface area contributed by atoms with E-state index in [0.29, 0.717) is 6.54 Å². The van der Waals surface area contributed by atoms with Crippen LogP contribution in [0.5, 0.6) is 0 Å². The van der Waals surface area contributed by atoms with Crippen molar-refractivity contribution in [1.29, 1.82) is 0 Å². The van der Waals surface area contributed by atoms with Crippen LogP contribution in [0.25, 0.3) is 16.9 Å². The van der Waals surface area contributed by atoms with Crippen molar-refractivity contribution in [2.24, 2.45) is 0 Å². The number of nitrogens with zero attached hydrogens (tertiary/aromatic N) is 2. The Morgan fingerprint density at radius 3 is 2.24 bits per heavy atom. The molecule has 1 amide bonds. The van der Waals surface area contributed by atoms with Gasteiger partial charge in [-0.05, 0) is 42.7 Å². The van der Waals surface area contributed by atoms with Gasteiger partial charge >= 0.3 is 0 Å². The first-order valence-electron chi connectivity index (χ1n) is 11.6. The molecule has 4 nitrogen and oxygen atoms in total. The van der Waals surface area contributed by atoms with Crippen LogP contribution in [0.3, 0.4) is 0 Å². The number of nitrogens with one attached hydrogen (secondary N) is 1. The Morgan fingerprint density at radius 1 is 0.909 bits per heavy atom. The van der Waals surface area contributed by atoms with Crippen LogP contribution in [0, 0.1) is 6.92 Å². The SMILES string of the molecule is Cc1cc(C(=O)N2CCNC[C@H]2Cc2ccccc2)c(-c2ccccc2)n1-c1ccccc1. The van der Waals surface area contributed by atoms with Crippen molar-refractivity contribution in [3.05, 3.63) is 114 Å². The second-order valence-electron chi connectivity index (χ2n) is 8.63. The van der Waals surface area contributed by atoms with Crippen molar-refractivity contribution >= 4 is 5.91 Å². The largest absolute Gasteiger partial charge is 0.333 e. The number of aryl methyl sites for hydroxylation is 1. The molecule has 1 atom stereocenters. The van der Waals surface area contributed by atoms with E-state index in [1.54, 1.807) is 0 Å². The lowest BCUT2D eigenvalue weighted by Crippen LogP contribution is -2.54. The van der Waals surface area contributed by atoms with Gasteiger partial charge < -0.3 is 14.8 Å². The van der Waals surface area contributed by atoms with E-state index in [2.05, 4.69) is 76.3 Å². The zero-order valence-electron chi connectivity index (χ0n) is 18.9. The first-order chi connectivity index (χ1) is 16.2. The van der Waals surface area contributed by atoms with Crippen molar-refractivity contribution in [3.63, 3.8) is 0 Å². The Balaban J connectivity index is 1.57. The summed E-state index contributed by atoms with van der Waals surface area (Å²) >= 11 is 0. The van der Waals surface area contributed by atoms with E-state index in [4.69, 9.17) is 0 Å². The molecule has 4 aromatic rings. The molecule has 4 heteroatoms. The first kappa shape index (κ1) is 21.2. The lowest BCUT2D eigenvalue weighted by molar-refractivity contribution is 0.0637. The van der Waals surface area contributed by atoms with Crippen LogP contribution in [-0.2, 0) is 6.42 Å². The smallest absolute Gasteiger partial charge is 0.256 e. The quantitative estimate of drug-likeness (QED) is 0.473. The maximum Gasteiger partial charge on any atom is 0.256 e. The summed E-state index contributed by atoms with van der Waals surface area (Å²) in [5.41, 5.74) is 6.15. The molecule has 2 heterocycles. The molecule has 1 N–H and O–H groups in total. The van der Waals surface area contributed by atoms with Gasteiger partial charge in [0.05, 0.1) is 11.3 Å². The van der Waals surface area contributed by atoms with Gasteiger partial charge in [-0.3, -0.25) is 4.79 Å². The lowest BCUT2D eigenvalue weighted by atomic mass is 10.0. The lowest BCUT2D eigenvalue weighted by Gasteiger charge is -2.36. The average Bonchev–Trinajstić information content (AvgIpc) is 3.22. The number of amides is 1. The summed E-state index contributed by atoms with van der Waals surface area (Å²) in [5.74, 6) is 0.106. The molecule has 1 saturated heterocycles. The second kappa shape index (κ2) is 9.47. The summed E-state index contributed by atoms with van der Waals surface area (Å²) in [6.45, 7) is 4.41. The fraction of sp³-hybridized carbons (Fsp3) is 0.207. The van der Waals surface area contributed by atoms with Gasteiger partial charge in [0.25, 0.3) is 5.91 Å². The summed E-state index contributed by atoms with van der Waals surface area (Å²) in [5, 5.41) is 3.48. The second-order valence-corrected chi connectivity index (χ2v) is 8.63.